The molecule has 1 aliphatic heterocycles. The summed E-state index contributed by atoms with van der Waals surface area (Å²) in [5.74, 6) is 1.57. The molecule has 3 aromatic rings. The third-order valence-electron chi connectivity index (χ3n) is 7.20. The van der Waals surface area contributed by atoms with E-state index in [1.165, 1.54) is 37.0 Å². The number of aromatic nitrogens is 4. The molecule has 0 amide bonds. The van der Waals surface area contributed by atoms with Gasteiger partial charge < -0.3 is 13.9 Å². The van der Waals surface area contributed by atoms with Crippen molar-refractivity contribution in [1.82, 2.24) is 19.3 Å². The Hall–Kier alpha value is -1.90. The molecule has 3 aromatic heterocycles. The van der Waals surface area contributed by atoms with Crippen LogP contribution in [0.5, 0.6) is 0 Å². The molecular weight excluding hydrogens is 464 g/mol. The lowest BCUT2D eigenvalue weighted by Crippen LogP contribution is -2.18. The highest BCUT2D eigenvalue weighted by Crippen LogP contribution is 2.34. The van der Waals surface area contributed by atoms with Gasteiger partial charge in [-0.2, -0.15) is 0 Å². The summed E-state index contributed by atoms with van der Waals surface area (Å²) < 4.78 is 10.4. The summed E-state index contributed by atoms with van der Waals surface area (Å²) in [5.41, 5.74) is 3.00. The highest BCUT2D eigenvalue weighted by Gasteiger charge is 2.25. The van der Waals surface area contributed by atoms with Gasteiger partial charge in [-0.25, -0.2) is 0 Å². The van der Waals surface area contributed by atoms with Gasteiger partial charge in [0.1, 0.15) is 5.82 Å². The van der Waals surface area contributed by atoms with Gasteiger partial charge in [-0.3, -0.25) is 4.79 Å². The van der Waals surface area contributed by atoms with E-state index in [1.807, 2.05) is 6.07 Å². The van der Waals surface area contributed by atoms with Gasteiger partial charge in [-0.05, 0) is 57.0 Å². The molecular formula is C26H34N4O2S2. The van der Waals surface area contributed by atoms with Gasteiger partial charge in [0.25, 0.3) is 0 Å². The molecule has 4 heterocycles. The Bertz CT molecular complexity index is 1110. The lowest BCUT2D eigenvalue weighted by atomic mass is 9.95. The van der Waals surface area contributed by atoms with Crippen LogP contribution < -0.4 is 0 Å². The number of thioether (sulfide) groups is 1. The van der Waals surface area contributed by atoms with Gasteiger partial charge in [0.05, 0.1) is 11.9 Å². The highest BCUT2D eigenvalue weighted by atomic mass is 32.2. The molecule has 1 saturated heterocycles. The normalized spacial score (nSPS) is 19.2. The second kappa shape index (κ2) is 10.8. The number of carbonyl (C=O) groups is 1. The molecule has 5 rings (SSSR count). The van der Waals surface area contributed by atoms with Crippen LogP contribution in [-0.2, 0) is 17.7 Å². The van der Waals surface area contributed by atoms with Gasteiger partial charge in [0.2, 0.25) is 0 Å². The zero-order valence-corrected chi connectivity index (χ0v) is 21.8. The molecule has 0 spiro atoms. The number of hydrogen-bond acceptors (Lipinski definition) is 6. The second-order valence-corrected chi connectivity index (χ2v) is 11.5. The van der Waals surface area contributed by atoms with Crippen LogP contribution in [0, 0.1) is 13.8 Å². The molecule has 1 atom stereocenters. The number of Topliss-reactive ketones (excluding diaryl/α,β-unsaturated/α-hetero) is 1. The maximum atomic E-state index is 13.3. The van der Waals surface area contributed by atoms with E-state index in [-0.39, 0.29) is 11.9 Å². The molecule has 6 nitrogen and oxygen atoms in total. The zero-order chi connectivity index (χ0) is 23.5. The second-order valence-electron chi connectivity index (χ2n) is 9.56. The first-order chi connectivity index (χ1) is 16.6. The van der Waals surface area contributed by atoms with E-state index < -0.39 is 0 Å². The van der Waals surface area contributed by atoms with Crippen molar-refractivity contribution >= 4 is 28.9 Å². The summed E-state index contributed by atoms with van der Waals surface area (Å²) in [6.45, 7) is 5.83. The third kappa shape index (κ3) is 5.19. The van der Waals surface area contributed by atoms with Crippen LogP contribution in [0.1, 0.15) is 83.4 Å². The summed E-state index contributed by atoms with van der Waals surface area (Å²) in [5, 5.41) is 12.1. The van der Waals surface area contributed by atoms with Gasteiger partial charge in [-0.1, -0.05) is 37.1 Å². The van der Waals surface area contributed by atoms with Gasteiger partial charge in [0.15, 0.2) is 10.9 Å². The predicted molar refractivity (Wildman–Crippen MR) is 137 cm³/mol. The number of ketones is 1. The van der Waals surface area contributed by atoms with Crippen molar-refractivity contribution in [1.29, 1.82) is 0 Å². The minimum absolute atomic E-state index is 0.162. The molecule has 0 N–H and O–H groups in total. The first-order valence-corrected chi connectivity index (χ1v) is 14.4. The SMILES string of the molecule is Cc1cc(C(=O)CSc2nnc(Cc3cccs3)n2C2CCCCC2)c(C)n1CC1CCCO1. The summed E-state index contributed by atoms with van der Waals surface area (Å²) >= 11 is 3.30. The number of ether oxygens (including phenoxy) is 1. The van der Waals surface area contributed by atoms with Crippen LogP contribution >= 0.6 is 23.1 Å². The van der Waals surface area contributed by atoms with Gasteiger partial charge in [-0.15, -0.1) is 21.5 Å². The van der Waals surface area contributed by atoms with Gasteiger partial charge in [0, 0.05) is 47.4 Å². The highest BCUT2D eigenvalue weighted by molar-refractivity contribution is 7.99. The lowest BCUT2D eigenvalue weighted by molar-refractivity contribution is 0.0957. The quantitative estimate of drug-likeness (QED) is 0.267. The van der Waals surface area contributed by atoms with E-state index in [9.17, 15) is 4.79 Å². The summed E-state index contributed by atoms with van der Waals surface area (Å²) in [6, 6.07) is 6.73. The Balaban J connectivity index is 1.31. The fourth-order valence-corrected chi connectivity index (χ4v) is 6.97. The molecule has 8 heteroatoms. The topological polar surface area (TPSA) is 61.9 Å². The maximum Gasteiger partial charge on any atom is 0.191 e. The minimum atomic E-state index is 0.162. The molecule has 0 radical (unpaired) electrons. The molecule has 0 aromatic carbocycles. The molecule has 182 valence electrons. The average Bonchev–Trinajstić information content (AvgIpc) is 3.65. The third-order valence-corrected chi connectivity index (χ3v) is 9.02. The smallest absolute Gasteiger partial charge is 0.191 e. The van der Waals surface area contributed by atoms with Crippen LogP contribution in [0.3, 0.4) is 0 Å². The Kier molecular flexibility index (Phi) is 7.56. The average molecular weight is 499 g/mol. The van der Waals surface area contributed by atoms with E-state index in [0.717, 1.165) is 60.3 Å². The van der Waals surface area contributed by atoms with Crippen molar-refractivity contribution in [2.45, 2.75) is 89.1 Å². The van der Waals surface area contributed by atoms with Crippen LogP contribution in [0.25, 0.3) is 0 Å². The largest absolute Gasteiger partial charge is 0.376 e. The van der Waals surface area contributed by atoms with Crippen LogP contribution in [-0.4, -0.2) is 43.6 Å². The molecule has 1 unspecified atom stereocenters. The minimum Gasteiger partial charge on any atom is -0.376 e. The molecule has 1 aliphatic carbocycles. The molecule has 2 aliphatic rings. The number of carbonyl (C=O) groups excluding carboxylic acids is 1. The fourth-order valence-electron chi connectivity index (χ4n) is 5.37. The predicted octanol–water partition coefficient (Wildman–Crippen LogP) is 6.01. The Morgan fingerprint density at radius 2 is 2.03 bits per heavy atom. The number of thiophene rings is 1. The molecule has 1 saturated carbocycles. The van der Waals surface area contributed by atoms with Crippen molar-refractivity contribution in [3.63, 3.8) is 0 Å². The number of nitrogens with zero attached hydrogens (tertiary/aromatic N) is 4. The van der Waals surface area contributed by atoms with E-state index in [4.69, 9.17) is 4.74 Å². The Morgan fingerprint density at radius 1 is 1.18 bits per heavy atom. The van der Waals surface area contributed by atoms with Crippen molar-refractivity contribution < 1.29 is 9.53 Å². The standard InChI is InChI=1S/C26H34N4O2S2/c1-18-14-23(19(2)29(18)16-21-10-6-12-32-21)24(31)17-34-26-28-27-25(15-22-11-7-13-33-22)30(26)20-8-4-3-5-9-20/h7,11,13-14,20-21H,3-6,8-10,12,15-17H2,1-2H3. The summed E-state index contributed by atoms with van der Waals surface area (Å²) in [6.07, 6.45) is 9.44. The van der Waals surface area contributed by atoms with E-state index >= 15 is 0 Å². The maximum absolute atomic E-state index is 13.3. The Morgan fingerprint density at radius 3 is 2.76 bits per heavy atom. The van der Waals surface area contributed by atoms with Crippen LogP contribution in [0.15, 0.2) is 28.7 Å². The zero-order valence-electron chi connectivity index (χ0n) is 20.2. The van der Waals surface area contributed by atoms with Gasteiger partial charge >= 0.3 is 0 Å². The van der Waals surface area contributed by atoms with Crippen molar-refractivity contribution in [2.24, 2.45) is 0 Å². The molecule has 34 heavy (non-hydrogen) atoms. The number of rotatable bonds is 9. The molecule has 2 fully saturated rings. The summed E-state index contributed by atoms with van der Waals surface area (Å²) in [4.78, 5) is 14.6. The first-order valence-electron chi connectivity index (χ1n) is 12.5. The van der Waals surface area contributed by atoms with Crippen LogP contribution in [0.4, 0.5) is 0 Å². The number of hydrogen-bond donors (Lipinski definition) is 0. The first kappa shape index (κ1) is 23.8. The van der Waals surface area contributed by atoms with Crippen LogP contribution in [0.2, 0.25) is 0 Å². The van der Waals surface area contributed by atoms with E-state index in [1.54, 1.807) is 23.1 Å². The van der Waals surface area contributed by atoms with E-state index in [2.05, 4.69) is 50.7 Å². The number of aryl methyl sites for hydroxylation is 1. The monoisotopic (exact) mass is 498 g/mol. The summed E-state index contributed by atoms with van der Waals surface area (Å²) in [7, 11) is 0. The lowest BCUT2D eigenvalue weighted by Gasteiger charge is -2.25. The van der Waals surface area contributed by atoms with E-state index in [0.29, 0.717) is 11.8 Å². The van der Waals surface area contributed by atoms with Crippen molar-refractivity contribution in [3.05, 3.63) is 51.2 Å². The van der Waals surface area contributed by atoms with Crippen molar-refractivity contribution in [3.8, 4) is 0 Å². The van der Waals surface area contributed by atoms with Crippen molar-refractivity contribution in [2.75, 3.05) is 12.4 Å². The Labute approximate surface area is 210 Å². The molecule has 0 bridgehead atoms. The fraction of sp³-hybridized carbons (Fsp3) is 0.577.